The summed E-state index contributed by atoms with van der Waals surface area (Å²) in [5.41, 5.74) is 7.86. The number of carbonyl (C=O) groups excluding carboxylic acids is 1. The second-order valence-corrected chi connectivity index (χ2v) is 6.55. The molecule has 122 valence electrons. The molecule has 2 aromatic rings. The lowest BCUT2D eigenvalue weighted by molar-refractivity contribution is 0.0935. The number of aryl methyl sites for hydroxylation is 5. The number of amides is 1. The fraction of sp³-hybridized carbons (Fsp3) is 0.381. The van der Waals surface area contributed by atoms with E-state index >= 15 is 0 Å². The molecule has 0 aliphatic rings. The van der Waals surface area contributed by atoms with Crippen molar-refractivity contribution in [2.75, 3.05) is 0 Å². The molecule has 2 nitrogen and oxygen atoms in total. The Labute approximate surface area is 139 Å². The Hall–Kier alpha value is -2.09. The largest absolute Gasteiger partial charge is 0.345 e. The molecule has 0 unspecified atom stereocenters. The number of hydrogen-bond donors (Lipinski definition) is 1. The zero-order valence-corrected chi connectivity index (χ0v) is 15.1. The molecule has 0 bridgehead atoms. The molecule has 2 rings (SSSR count). The summed E-state index contributed by atoms with van der Waals surface area (Å²) in [6.45, 7) is 12.4. The average Bonchev–Trinajstić information content (AvgIpc) is 2.49. The van der Waals surface area contributed by atoms with Gasteiger partial charge in [0.05, 0.1) is 6.04 Å². The van der Waals surface area contributed by atoms with Crippen molar-refractivity contribution in [1.82, 2.24) is 5.32 Å². The van der Waals surface area contributed by atoms with E-state index in [0.29, 0.717) is 0 Å². The number of hydrogen-bond acceptors (Lipinski definition) is 1. The smallest absolute Gasteiger partial charge is 0.252 e. The molecule has 0 radical (unpaired) electrons. The molecule has 2 heteroatoms. The summed E-state index contributed by atoms with van der Waals surface area (Å²) in [5, 5.41) is 3.21. The first-order valence-electron chi connectivity index (χ1n) is 8.29. The van der Waals surface area contributed by atoms with Crippen LogP contribution in [0.15, 0.2) is 30.3 Å². The van der Waals surface area contributed by atoms with Gasteiger partial charge in [0.1, 0.15) is 0 Å². The first-order chi connectivity index (χ1) is 10.8. The predicted octanol–water partition coefficient (Wildman–Crippen LogP) is 5.11. The quantitative estimate of drug-likeness (QED) is 0.835. The molecule has 0 aliphatic heterocycles. The van der Waals surface area contributed by atoms with Gasteiger partial charge in [0.25, 0.3) is 5.91 Å². The predicted molar refractivity (Wildman–Crippen MR) is 97.1 cm³/mol. The van der Waals surface area contributed by atoms with E-state index < -0.39 is 0 Å². The van der Waals surface area contributed by atoms with Gasteiger partial charge in [0.2, 0.25) is 0 Å². The molecule has 0 saturated heterocycles. The summed E-state index contributed by atoms with van der Waals surface area (Å²) >= 11 is 0. The van der Waals surface area contributed by atoms with Crippen molar-refractivity contribution in [2.45, 2.75) is 54.0 Å². The van der Waals surface area contributed by atoms with Crippen LogP contribution in [0.2, 0.25) is 0 Å². The molecule has 0 heterocycles. The fourth-order valence-electron chi connectivity index (χ4n) is 3.06. The van der Waals surface area contributed by atoms with Crippen LogP contribution >= 0.6 is 0 Å². The highest BCUT2D eigenvalue weighted by Gasteiger charge is 2.17. The Morgan fingerprint density at radius 3 is 2.17 bits per heavy atom. The molecule has 1 atom stereocenters. The van der Waals surface area contributed by atoms with Crippen LogP contribution in [0.3, 0.4) is 0 Å². The zero-order valence-electron chi connectivity index (χ0n) is 15.1. The maximum Gasteiger partial charge on any atom is 0.252 e. The Balaban J connectivity index is 2.28. The van der Waals surface area contributed by atoms with Crippen LogP contribution in [0.1, 0.15) is 63.1 Å². The molecule has 0 aliphatic carbocycles. The number of carbonyl (C=O) groups is 1. The van der Waals surface area contributed by atoms with Gasteiger partial charge in [0.15, 0.2) is 0 Å². The topological polar surface area (TPSA) is 29.1 Å². The molecule has 0 spiro atoms. The van der Waals surface area contributed by atoms with Gasteiger partial charge in [-0.3, -0.25) is 4.79 Å². The highest BCUT2D eigenvalue weighted by atomic mass is 16.1. The molecule has 0 fully saturated rings. The van der Waals surface area contributed by atoms with Crippen molar-refractivity contribution in [3.05, 3.63) is 69.3 Å². The summed E-state index contributed by atoms with van der Waals surface area (Å²) in [4.78, 5) is 12.7. The van der Waals surface area contributed by atoms with E-state index in [1.54, 1.807) is 0 Å². The lowest BCUT2D eigenvalue weighted by Gasteiger charge is -2.21. The van der Waals surface area contributed by atoms with Gasteiger partial charge in [0, 0.05) is 5.56 Å². The summed E-state index contributed by atoms with van der Waals surface area (Å²) in [6, 6.07) is 10.5. The van der Waals surface area contributed by atoms with Crippen LogP contribution < -0.4 is 5.32 Å². The fourth-order valence-corrected chi connectivity index (χ4v) is 3.06. The monoisotopic (exact) mass is 309 g/mol. The van der Waals surface area contributed by atoms with Crippen LogP contribution in [0.4, 0.5) is 0 Å². The van der Waals surface area contributed by atoms with E-state index in [4.69, 9.17) is 0 Å². The second-order valence-electron chi connectivity index (χ2n) is 6.55. The van der Waals surface area contributed by atoms with Crippen LogP contribution in [0, 0.1) is 34.6 Å². The minimum atomic E-state index is 0.0115. The maximum absolute atomic E-state index is 12.7. The lowest BCUT2D eigenvalue weighted by atomic mass is 9.96. The van der Waals surface area contributed by atoms with Crippen molar-refractivity contribution >= 4 is 5.91 Å². The highest BCUT2D eigenvalue weighted by molar-refractivity contribution is 5.96. The van der Waals surface area contributed by atoms with Crippen molar-refractivity contribution in [1.29, 1.82) is 0 Å². The van der Waals surface area contributed by atoms with E-state index in [9.17, 15) is 4.79 Å². The van der Waals surface area contributed by atoms with E-state index in [1.807, 2.05) is 19.9 Å². The zero-order chi connectivity index (χ0) is 17.1. The Morgan fingerprint density at radius 2 is 1.57 bits per heavy atom. The van der Waals surface area contributed by atoms with Crippen molar-refractivity contribution in [3.8, 4) is 0 Å². The van der Waals surface area contributed by atoms with Gasteiger partial charge in [-0.05, 0) is 74.9 Å². The Bertz CT molecular complexity index is 731. The normalized spacial score (nSPS) is 12.1. The van der Waals surface area contributed by atoms with Gasteiger partial charge >= 0.3 is 0 Å². The van der Waals surface area contributed by atoms with Gasteiger partial charge in [-0.15, -0.1) is 0 Å². The molecule has 0 saturated carbocycles. The van der Waals surface area contributed by atoms with E-state index in [-0.39, 0.29) is 11.9 Å². The Kier molecular flexibility index (Phi) is 5.25. The average molecular weight is 309 g/mol. The third-order valence-corrected chi connectivity index (χ3v) is 4.60. The first kappa shape index (κ1) is 17.3. The molecule has 23 heavy (non-hydrogen) atoms. The van der Waals surface area contributed by atoms with Crippen LogP contribution in [-0.4, -0.2) is 5.91 Å². The molecule has 1 amide bonds. The van der Waals surface area contributed by atoms with Crippen molar-refractivity contribution < 1.29 is 4.79 Å². The summed E-state index contributed by atoms with van der Waals surface area (Å²) < 4.78 is 0. The molecule has 2 aromatic carbocycles. The minimum Gasteiger partial charge on any atom is -0.345 e. The van der Waals surface area contributed by atoms with Crippen molar-refractivity contribution in [2.24, 2.45) is 0 Å². The van der Waals surface area contributed by atoms with Crippen LogP contribution in [0.5, 0.6) is 0 Å². The maximum atomic E-state index is 12.7. The van der Waals surface area contributed by atoms with Crippen molar-refractivity contribution in [3.63, 3.8) is 0 Å². The van der Waals surface area contributed by atoms with E-state index in [2.05, 4.69) is 57.3 Å². The first-order valence-corrected chi connectivity index (χ1v) is 8.29. The summed E-state index contributed by atoms with van der Waals surface area (Å²) in [7, 11) is 0. The molecule has 1 N–H and O–H groups in total. The molecule has 0 aromatic heterocycles. The number of nitrogens with one attached hydrogen (secondary N) is 1. The second kappa shape index (κ2) is 6.99. The van der Waals surface area contributed by atoms with E-state index in [1.165, 1.54) is 22.3 Å². The molecular weight excluding hydrogens is 282 g/mol. The standard InChI is InChI=1S/C21H27NO/c1-7-20(18-9-8-13(2)10-16(18)5)22-21(23)19-12-15(4)14(3)11-17(19)6/h8-12,20H,7H2,1-6H3,(H,22,23)/t20-/m1/s1. The van der Waals surface area contributed by atoms with Crippen LogP contribution in [0.25, 0.3) is 0 Å². The van der Waals surface area contributed by atoms with Gasteiger partial charge in [-0.25, -0.2) is 0 Å². The number of rotatable bonds is 4. The number of benzene rings is 2. The third kappa shape index (κ3) is 3.82. The summed E-state index contributed by atoms with van der Waals surface area (Å²) in [5.74, 6) is 0.0115. The lowest BCUT2D eigenvalue weighted by Crippen LogP contribution is -2.29. The highest BCUT2D eigenvalue weighted by Crippen LogP contribution is 2.23. The minimum absolute atomic E-state index is 0.0115. The van der Waals surface area contributed by atoms with Gasteiger partial charge in [-0.2, -0.15) is 0 Å². The Morgan fingerprint density at radius 1 is 0.913 bits per heavy atom. The summed E-state index contributed by atoms with van der Waals surface area (Å²) in [6.07, 6.45) is 0.875. The molecular formula is C21H27NO. The van der Waals surface area contributed by atoms with Crippen LogP contribution in [-0.2, 0) is 0 Å². The third-order valence-electron chi connectivity index (χ3n) is 4.60. The van der Waals surface area contributed by atoms with E-state index in [0.717, 1.165) is 23.1 Å². The van der Waals surface area contributed by atoms with Gasteiger partial charge in [-0.1, -0.05) is 36.8 Å². The SMILES string of the molecule is CC[C@@H](NC(=O)c1cc(C)c(C)cc1C)c1ccc(C)cc1C. The van der Waals surface area contributed by atoms with Gasteiger partial charge < -0.3 is 5.32 Å².